The Balaban J connectivity index is 2.07. The third-order valence-electron chi connectivity index (χ3n) is 2.92. The Morgan fingerprint density at radius 2 is 2.00 bits per heavy atom. The zero-order valence-electron chi connectivity index (χ0n) is 11.1. The van der Waals surface area contributed by atoms with Crippen LogP contribution in [0.1, 0.15) is 29.7 Å². The van der Waals surface area contributed by atoms with Crippen molar-refractivity contribution >= 4 is 0 Å². The minimum absolute atomic E-state index is 0.200. The number of benzene rings is 2. The Kier molecular flexibility index (Phi) is 4.17. The molecule has 2 nitrogen and oxygen atoms in total. The van der Waals surface area contributed by atoms with Gasteiger partial charge in [0, 0.05) is 0 Å². The molecule has 1 unspecified atom stereocenters. The van der Waals surface area contributed by atoms with Gasteiger partial charge in [-0.3, -0.25) is 0 Å². The molecule has 2 aromatic rings. The molecule has 0 radical (unpaired) electrons. The molecule has 0 aliphatic rings. The van der Waals surface area contributed by atoms with Gasteiger partial charge in [-0.25, -0.2) is 4.39 Å². The molecule has 0 aromatic heterocycles. The Morgan fingerprint density at radius 3 is 2.63 bits per heavy atom. The van der Waals surface area contributed by atoms with Gasteiger partial charge < -0.3 is 9.84 Å². The van der Waals surface area contributed by atoms with E-state index < -0.39 is 11.9 Å². The first-order chi connectivity index (χ1) is 9.06. The quantitative estimate of drug-likeness (QED) is 0.906. The number of hydrogen-bond donors (Lipinski definition) is 1. The molecule has 0 saturated carbocycles. The minimum Gasteiger partial charge on any atom is -0.486 e. The summed E-state index contributed by atoms with van der Waals surface area (Å²) in [6, 6.07) is 12.4. The van der Waals surface area contributed by atoms with Crippen LogP contribution in [0.25, 0.3) is 0 Å². The summed E-state index contributed by atoms with van der Waals surface area (Å²) in [4.78, 5) is 0. The molecule has 0 heterocycles. The molecule has 19 heavy (non-hydrogen) atoms. The number of aliphatic hydroxyl groups excluding tert-OH is 1. The van der Waals surface area contributed by atoms with Crippen LogP contribution in [0.3, 0.4) is 0 Å². The topological polar surface area (TPSA) is 29.5 Å². The van der Waals surface area contributed by atoms with Gasteiger partial charge in [-0.05, 0) is 37.1 Å². The first-order valence-electron chi connectivity index (χ1n) is 6.22. The molecule has 0 aliphatic heterocycles. The Labute approximate surface area is 112 Å². The standard InChI is InChI=1S/C16H17FO2/c1-11-4-3-5-13(8-11)10-19-16-7-6-14(12(2)18)9-15(16)17/h3-9,12,18H,10H2,1-2H3. The lowest BCUT2D eigenvalue weighted by molar-refractivity contribution is 0.198. The minimum atomic E-state index is -0.680. The largest absolute Gasteiger partial charge is 0.486 e. The van der Waals surface area contributed by atoms with Crippen molar-refractivity contribution in [2.45, 2.75) is 26.6 Å². The van der Waals surface area contributed by atoms with Crippen LogP contribution < -0.4 is 4.74 Å². The van der Waals surface area contributed by atoms with Gasteiger partial charge in [-0.1, -0.05) is 35.9 Å². The first kappa shape index (κ1) is 13.6. The van der Waals surface area contributed by atoms with Crippen LogP contribution in [0.15, 0.2) is 42.5 Å². The molecule has 2 rings (SSSR count). The molecule has 0 amide bonds. The molecule has 3 heteroatoms. The van der Waals surface area contributed by atoms with E-state index in [1.165, 1.54) is 6.07 Å². The van der Waals surface area contributed by atoms with Gasteiger partial charge in [-0.2, -0.15) is 0 Å². The molecular weight excluding hydrogens is 243 g/mol. The molecule has 0 aliphatic carbocycles. The third-order valence-corrected chi connectivity index (χ3v) is 2.92. The summed E-state index contributed by atoms with van der Waals surface area (Å²) >= 11 is 0. The first-order valence-corrected chi connectivity index (χ1v) is 6.22. The number of aryl methyl sites for hydroxylation is 1. The molecule has 2 aromatic carbocycles. The highest BCUT2D eigenvalue weighted by Crippen LogP contribution is 2.22. The predicted octanol–water partition coefficient (Wildman–Crippen LogP) is 3.77. The highest BCUT2D eigenvalue weighted by molar-refractivity contribution is 5.31. The molecule has 1 atom stereocenters. The van der Waals surface area contributed by atoms with Gasteiger partial charge in [-0.15, -0.1) is 0 Å². The van der Waals surface area contributed by atoms with Crippen molar-refractivity contribution in [3.63, 3.8) is 0 Å². The number of halogens is 1. The summed E-state index contributed by atoms with van der Waals surface area (Å²) in [6.45, 7) is 3.93. The lowest BCUT2D eigenvalue weighted by Gasteiger charge is -2.10. The molecule has 0 spiro atoms. The second-order valence-corrected chi connectivity index (χ2v) is 4.64. The van der Waals surface area contributed by atoms with E-state index in [2.05, 4.69) is 0 Å². The molecular formula is C16H17FO2. The lowest BCUT2D eigenvalue weighted by Crippen LogP contribution is -1.99. The van der Waals surface area contributed by atoms with Gasteiger partial charge in [0.25, 0.3) is 0 Å². The second kappa shape index (κ2) is 5.85. The molecule has 100 valence electrons. The maximum Gasteiger partial charge on any atom is 0.165 e. The van der Waals surface area contributed by atoms with Crippen LogP contribution in [0.4, 0.5) is 4.39 Å². The Hall–Kier alpha value is -1.87. The van der Waals surface area contributed by atoms with Gasteiger partial charge in [0.05, 0.1) is 6.10 Å². The fraction of sp³-hybridized carbons (Fsp3) is 0.250. The van der Waals surface area contributed by atoms with Crippen molar-refractivity contribution in [2.24, 2.45) is 0 Å². The summed E-state index contributed by atoms with van der Waals surface area (Å²) in [5.74, 6) is -0.253. The van der Waals surface area contributed by atoms with E-state index in [-0.39, 0.29) is 5.75 Å². The average Bonchev–Trinajstić information content (AvgIpc) is 2.37. The van der Waals surface area contributed by atoms with Crippen molar-refractivity contribution in [1.29, 1.82) is 0 Å². The van der Waals surface area contributed by atoms with Crippen molar-refractivity contribution < 1.29 is 14.2 Å². The van der Waals surface area contributed by atoms with Crippen LogP contribution in [-0.2, 0) is 6.61 Å². The average molecular weight is 260 g/mol. The summed E-state index contributed by atoms with van der Waals surface area (Å²) in [5.41, 5.74) is 2.69. The van der Waals surface area contributed by atoms with Gasteiger partial charge in [0.15, 0.2) is 11.6 Å². The summed E-state index contributed by atoms with van der Waals surface area (Å²) in [7, 11) is 0. The van der Waals surface area contributed by atoms with Crippen molar-refractivity contribution in [3.05, 3.63) is 65.0 Å². The monoisotopic (exact) mass is 260 g/mol. The van der Waals surface area contributed by atoms with E-state index in [1.54, 1.807) is 19.1 Å². The number of hydrogen-bond acceptors (Lipinski definition) is 2. The van der Waals surface area contributed by atoms with E-state index in [0.29, 0.717) is 12.2 Å². The van der Waals surface area contributed by atoms with E-state index in [9.17, 15) is 9.50 Å². The Bertz CT molecular complexity index is 564. The van der Waals surface area contributed by atoms with Crippen molar-refractivity contribution in [1.82, 2.24) is 0 Å². The van der Waals surface area contributed by atoms with E-state index in [1.807, 2.05) is 31.2 Å². The molecule has 0 saturated heterocycles. The zero-order valence-corrected chi connectivity index (χ0v) is 11.1. The number of rotatable bonds is 4. The number of aliphatic hydroxyl groups is 1. The zero-order chi connectivity index (χ0) is 13.8. The van der Waals surface area contributed by atoms with Crippen molar-refractivity contribution in [2.75, 3.05) is 0 Å². The molecule has 0 fully saturated rings. The van der Waals surface area contributed by atoms with E-state index in [4.69, 9.17) is 4.74 Å². The van der Waals surface area contributed by atoms with Crippen LogP contribution in [-0.4, -0.2) is 5.11 Å². The van der Waals surface area contributed by atoms with E-state index >= 15 is 0 Å². The lowest BCUT2D eigenvalue weighted by atomic mass is 10.1. The van der Waals surface area contributed by atoms with Crippen LogP contribution in [0.5, 0.6) is 5.75 Å². The molecule has 0 bridgehead atoms. The molecule has 1 N–H and O–H groups in total. The summed E-state index contributed by atoms with van der Waals surface area (Å²) in [5, 5.41) is 9.37. The maximum absolute atomic E-state index is 13.8. The van der Waals surface area contributed by atoms with Crippen LogP contribution >= 0.6 is 0 Å². The highest BCUT2D eigenvalue weighted by atomic mass is 19.1. The normalized spacial score (nSPS) is 12.2. The van der Waals surface area contributed by atoms with Crippen LogP contribution in [0, 0.1) is 12.7 Å². The smallest absolute Gasteiger partial charge is 0.165 e. The Morgan fingerprint density at radius 1 is 1.21 bits per heavy atom. The fourth-order valence-corrected chi connectivity index (χ4v) is 1.86. The summed E-state index contributed by atoms with van der Waals surface area (Å²) < 4.78 is 19.2. The number of ether oxygens (including phenoxy) is 1. The van der Waals surface area contributed by atoms with Gasteiger partial charge >= 0.3 is 0 Å². The predicted molar refractivity (Wildman–Crippen MR) is 72.5 cm³/mol. The van der Waals surface area contributed by atoms with Gasteiger partial charge in [0.2, 0.25) is 0 Å². The highest BCUT2D eigenvalue weighted by Gasteiger charge is 2.08. The summed E-state index contributed by atoms with van der Waals surface area (Å²) in [6.07, 6.45) is -0.680. The van der Waals surface area contributed by atoms with E-state index in [0.717, 1.165) is 11.1 Å². The third kappa shape index (κ3) is 3.55. The second-order valence-electron chi connectivity index (χ2n) is 4.64. The van der Waals surface area contributed by atoms with Crippen LogP contribution in [0.2, 0.25) is 0 Å². The van der Waals surface area contributed by atoms with Gasteiger partial charge in [0.1, 0.15) is 6.61 Å². The maximum atomic E-state index is 13.8. The van der Waals surface area contributed by atoms with Crippen molar-refractivity contribution in [3.8, 4) is 5.75 Å². The fourth-order valence-electron chi connectivity index (χ4n) is 1.86. The SMILES string of the molecule is Cc1cccc(COc2ccc(C(C)O)cc2F)c1.